The van der Waals surface area contributed by atoms with E-state index in [-0.39, 0.29) is 10.8 Å². The maximum atomic E-state index is 6.91. The molecule has 12 aromatic carbocycles. The summed E-state index contributed by atoms with van der Waals surface area (Å²) in [5, 5.41) is 11.1. The Labute approximate surface area is 487 Å². The fourth-order valence-corrected chi connectivity index (χ4v) is 13.2. The average molecular weight is 1090 g/mol. The summed E-state index contributed by atoms with van der Waals surface area (Å²) in [5.74, 6) is 0. The first-order valence-corrected chi connectivity index (χ1v) is 29.1. The Bertz CT molecular complexity index is 4960. The molecule has 84 heavy (non-hydrogen) atoms. The molecule has 0 spiro atoms. The molecular weight excluding hydrogens is 1020 g/mol. The second kappa shape index (κ2) is 18.6. The fraction of sp³-hybridized carbons (Fsp3) is 0.103. The maximum Gasteiger partial charge on any atom is 0.143 e. The lowest BCUT2D eigenvalue weighted by Crippen LogP contribution is -2.11. The number of anilines is 6. The molecule has 0 N–H and O–H groups in total. The van der Waals surface area contributed by atoms with Crippen molar-refractivity contribution in [1.82, 2.24) is 9.13 Å². The smallest absolute Gasteiger partial charge is 0.143 e. The van der Waals surface area contributed by atoms with Gasteiger partial charge >= 0.3 is 0 Å². The number of benzene rings is 12. The summed E-state index contributed by atoms with van der Waals surface area (Å²) in [6, 6.07) is 92.7. The lowest BCUT2D eigenvalue weighted by Gasteiger charge is -2.26. The second-order valence-electron chi connectivity index (χ2n) is 24.6. The highest BCUT2D eigenvalue weighted by Crippen LogP contribution is 2.47. The third kappa shape index (κ3) is 7.85. The largest absolute Gasteiger partial charge is 0.455 e. The Kier molecular flexibility index (Phi) is 11.0. The highest BCUT2D eigenvalue weighted by molar-refractivity contribution is 6.23. The van der Waals surface area contributed by atoms with Crippen molar-refractivity contribution in [2.24, 2.45) is 0 Å². The van der Waals surface area contributed by atoms with E-state index in [4.69, 9.17) is 8.83 Å². The van der Waals surface area contributed by atoms with E-state index in [0.717, 1.165) is 111 Å². The molecule has 0 amide bonds. The second-order valence-corrected chi connectivity index (χ2v) is 24.6. The number of para-hydroxylation sites is 4. The fourth-order valence-electron chi connectivity index (χ4n) is 13.2. The minimum Gasteiger partial charge on any atom is -0.455 e. The van der Waals surface area contributed by atoms with Crippen molar-refractivity contribution < 1.29 is 8.83 Å². The predicted molar refractivity (Wildman–Crippen MR) is 354 cm³/mol. The molecule has 0 saturated carbocycles. The minimum absolute atomic E-state index is 0.00706. The van der Waals surface area contributed by atoms with Crippen LogP contribution in [0.3, 0.4) is 0 Å². The first-order chi connectivity index (χ1) is 40.9. The number of nitrogens with zero attached hydrogens (tertiary/aromatic N) is 4. The van der Waals surface area contributed by atoms with Crippen LogP contribution in [0.1, 0.15) is 52.7 Å². The van der Waals surface area contributed by atoms with Crippen molar-refractivity contribution in [2.75, 3.05) is 9.80 Å². The molecule has 0 aliphatic heterocycles. The lowest BCUT2D eigenvalue weighted by molar-refractivity contribution is 0.589. The first kappa shape index (κ1) is 49.5. The Morgan fingerprint density at radius 2 is 0.607 bits per heavy atom. The van der Waals surface area contributed by atoms with E-state index in [0.29, 0.717) is 0 Å². The van der Waals surface area contributed by atoms with Gasteiger partial charge in [0.1, 0.15) is 22.3 Å². The van der Waals surface area contributed by atoms with Crippen LogP contribution in [0.5, 0.6) is 0 Å². The van der Waals surface area contributed by atoms with Gasteiger partial charge in [-0.2, -0.15) is 0 Å². The van der Waals surface area contributed by atoms with Crippen LogP contribution in [-0.2, 0) is 10.8 Å². The quantitative estimate of drug-likeness (QED) is 0.152. The van der Waals surface area contributed by atoms with Gasteiger partial charge in [-0.05, 0) is 168 Å². The van der Waals surface area contributed by atoms with Gasteiger partial charge in [-0.15, -0.1) is 0 Å². The highest BCUT2D eigenvalue weighted by Gasteiger charge is 2.24. The van der Waals surface area contributed by atoms with Crippen LogP contribution < -0.4 is 9.80 Å². The van der Waals surface area contributed by atoms with Gasteiger partial charge in [-0.25, -0.2) is 0 Å². The third-order valence-electron chi connectivity index (χ3n) is 17.3. The number of rotatable bonds is 8. The molecular formula is C78H60N4O2. The minimum atomic E-state index is 0.00706. The summed E-state index contributed by atoms with van der Waals surface area (Å²) in [7, 11) is 0. The van der Waals surface area contributed by atoms with Crippen LogP contribution in [0.25, 0.3) is 110 Å². The maximum absolute atomic E-state index is 6.91. The van der Waals surface area contributed by atoms with Gasteiger partial charge < -0.3 is 27.8 Å². The topological polar surface area (TPSA) is 42.6 Å². The van der Waals surface area contributed by atoms with Crippen molar-refractivity contribution in [2.45, 2.75) is 52.4 Å². The number of hydrogen-bond donors (Lipinski definition) is 0. The van der Waals surface area contributed by atoms with E-state index >= 15 is 0 Å². The molecule has 6 nitrogen and oxygen atoms in total. The van der Waals surface area contributed by atoms with Gasteiger partial charge in [-0.1, -0.05) is 151 Å². The van der Waals surface area contributed by atoms with E-state index in [9.17, 15) is 0 Å². The predicted octanol–water partition coefficient (Wildman–Crippen LogP) is 22.4. The number of fused-ring (bicyclic) bond motifs is 15. The van der Waals surface area contributed by atoms with Crippen LogP contribution in [0, 0.1) is 0 Å². The summed E-state index contributed by atoms with van der Waals surface area (Å²) in [6.07, 6.45) is 0. The molecule has 0 aliphatic carbocycles. The van der Waals surface area contributed by atoms with Crippen LogP contribution in [0.2, 0.25) is 0 Å². The average Bonchev–Trinajstić information content (AvgIpc) is 2.08. The Morgan fingerprint density at radius 3 is 1.02 bits per heavy atom. The van der Waals surface area contributed by atoms with Gasteiger partial charge in [0.15, 0.2) is 0 Å². The standard InChI is InChI=1S/C78H60N4O2/c1-77(2,3)49-19-17-25-53(43-49)81-69-29-15-13-27-59(69)61-35-31-57(47-71(61)81)79(51-21-9-7-10-22-51)55-33-41-73-67(45-55)65-39-37-64-63(75(65)83-73)38-40-66-68-46-56(34-42-74(68)84-76(64)66)80(52-23-11-8-12-24-52)58-32-36-62-60-28-14-16-30-70(60)82(72(62)48-58)54-26-18-20-50(44-54)78(4,5)6/h7-48H,1-6H3. The van der Waals surface area contributed by atoms with E-state index in [1.807, 2.05) is 0 Å². The van der Waals surface area contributed by atoms with Crippen molar-refractivity contribution in [1.29, 1.82) is 0 Å². The zero-order valence-electron chi connectivity index (χ0n) is 47.9. The van der Waals surface area contributed by atoms with Crippen molar-refractivity contribution >= 4 is 132 Å². The zero-order valence-corrected chi connectivity index (χ0v) is 47.9. The summed E-state index contributed by atoms with van der Waals surface area (Å²) in [4.78, 5) is 4.73. The molecule has 404 valence electrons. The Hall–Kier alpha value is -10.3. The molecule has 0 unspecified atom stereocenters. The molecule has 0 radical (unpaired) electrons. The number of furan rings is 2. The molecule has 16 aromatic rings. The van der Waals surface area contributed by atoms with Gasteiger partial charge in [0.05, 0.1) is 22.1 Å². The van der Waals surface area contributed by atoms with Crippen LogP contribution in [-0.4, -0.2) is 9.13 Å². The van der Waals surface area contributed by atoms with Crippen LogP contribution in [0.15, 0.2) is 264 Å². The van der Waals surface area contributed by atoms with Crippen LogP contribution in [0.4, 0.5) is 34.1 Å². The summed E-state index contributed by atoms with van der Waals surface area (Å²) < 4.78 is 18.7. The van der Waals surface area contributed by atoms with E-state index in [1.54, 1.807) is 0 Å². The van der Waals surface area contributed by atoms with Crippen molar-refractivity contribution in [3.8, 4) is 11.4 Å². The third-order valence-corrected chi connectivity index (χ3v) is 17.3. The molecule has 0 fully saturated rings. The first-order valence-electron chi connectivity index (χ1n) is 29.1. The van der Waals surface area contributed by atoms with Crippen molar-refractivity contribution in [3.05, 3.63) is 266 Å². The summed E-state index contributed by atoms with van der Waals surface area (Å²) in [6.45, 7) is 13.7. The molecule has 16 rings (SSSR count). The van der Waals surface area contributed by atoms with E-state index in [1.165, 1.54) is 43.7 Å². The SMILES string of the molecule is CC(C)(C)c1cccc(-n2c3ccccc3c3ccc(N(c4ccccc4)c4ccc5oc6c(ccc7c6ccc6c8cc(N(c9ccccc9)c9ccc%10c%11ccccc%11n(-c%11cccc(C(C)(C)C)c%11)c%10c9)ccc8oc67)c5c4)cc32)c1. The summed E-state index contributed by atoms with van der Waals surface area (Å²) in [5.41, 5.74) is 19.3. The van der Waals surface area contributed by atoms with Gasteiger partial charge in [0, 0.05) is 99.4 Å². The number of aromatic nitrogens is 2. The van der Waals surface area contributed by atoms with Crippen LogP contribution >= 0.6 is 0 Å². The molecule has 4 aromatic heterocycles. The zero-order chi connectivity index (χ0) is 56.6. The Balaban J connectivity index is 0.808. The molecule has 0 aliphatic rings. The van der Waals surface area contributed by atoms with Gasteiger partial charge in [0.25, 0.3) is 0 Å². The van der Waals surface area contributed by atoms with E-state index in [2.05, 4.69) is 315 Å². The highest BCUT2D eigenvalue weighted by atomic mass is 16.3. The van der Waals surface area contributed by atoms with Crippen molar-refractivity contribution in [3.63, 3.8) is 0 Å². The Morgan fingerprint density at radius 1 is 0.262 bits per heavy atom. The van der Waals surface area contributed by atoms with Gasteiger partial charge in [0.2, 0.25) is 0 Å². The van der Waals surface area contributed by atoms with Gasteiger partial charge in [-0.3, -0.25) is 0 Å². The lowest BCUT2D eigenvalue weighted by atomic mass is 9.87. The molecule has 0 saturated heterocycles. The molecule has 6 heteroatoms. The number of hydrogen-bond acceptors (Lipinski definition) is 4. The summed E-state index contributed by atoms with van der Waals surface area (Å²) >= 11 is 0. The normalized spacial score (nSPS) is 12.4. The molecule has 0 bridgehead atoms. The monoisotopic (exact) mass is 1080 g/mol. The molecule has 4 heterocycles. The molecule has 0 atom stereocenters. The van der Waals surface area contributed by atoms with E-state index < -0.39 is 0 Å².